The number of aromatic nitrogens is 1. The van der Waals surface area contributed by atoms with E-state index >= 15 is 0 Å². The van der Waals surface area contributed by atoms with Crippen LogP contribution in [-0.2, 0) is 11.2 Å². The van der Waals surface area contributed by atoms with E-state index in [9.17, 15) is 9.59 Å². The summed E-state index contributed by atoms with van der Waals surface area (Å²) in [6.45, 7) is 0. The summed E-state index contributed by atoms with van der Waals surface area (Å²) >= 11 is 0. The number of aryl methyl sites for hydroxylation is 1. The number of nitrogens with zero attached hydrogens (tertiary/aromatic N) is 1. The van der Waals surface area contributed by atoms with Gasteiger partial charge in [0.15, 0.2) is 0 Å². The number of hydrogen-bond acceptors (Lipinski definition) is 4. The average molecular weight is 258 g/mol. The smallest absolute Gasteiger partial charge is 0.374 e. The number of benzene rings is 1. The minimum absolute atomic E-state index is 0.0176. The lowest BCUT2D eigenvalue weighted by molar-refractivity contribution is -0.116. The van der Waals surface area contributed by atoms with Gasteiger partial charge in [0.2, 0.25) is 11.7 Å². The van der Waals surface area contributed by atoms with Crippen molar-refractivity contribution in [1.82, 2.24) is 5.16 Å². The zero-order valence-electron chi connectivity index (χ0n) is 9.84. The first-order chi connectivity index (χ1) is 9.13. The van der Waals surface area contributed by atoms with Crippen LogP contribution in [0.2, 0.25) is 0 Å². The maximum atomic E-state index is 11.3. The molecule has 2 aromatic rings. The highest BCUT2D eigenvalue weighted by Crippen LogP contribution is 2.28. The van der Waals surface area contributed by atoms with Gasteiger partial charge >= 0.3 is 5.97 Å². The summed E-state index contributed by atoms with van der Waals surface area (Å²) in [5, 5.41) is 15.3. The second-order valence-electron chi connectivity index (χ2n) is 4.30. The van der Waals surface area contributed by atoms with Gasteiger partial charge in [-0.05, 0) is 18.1 Å². The molecule has 1 aromatic heterocycles. The van der Waals surface area contributed by atoms with Crippen LogP contribution in [0.5, 0.6) is 0 Å². The number of rotatable bonds is 2. The molecule has 0 fully saturated rings. The van der Waals surface area contributed by atoms with Gasteiger partial charge in [-0.3, -0.25) is 4.79 Å². The van der Waals surface area contributed by atoms with Crippen molar-refractivity contribution in [2.24, 2.45) is 0 Å². The largest absolute Gasteiger partial charge is 0.475 e. The lowest BCUT2D eigenvalue weighted by atomic mass is 10.00. The zero-order valence-corrected chi connectivity index (χ0v) is 9.84. The van der Waals surface area contributed by atoms with E-state index in [0.29, 0.717) is 24.1 Å². The molecule has 96 valence electrons. The number of carbonyl (C=O) groups is 2. The van der Waals surface area contributed by atoms with Crippen LogP contribution >= 0.6 is 0 Å². The molecule has 0 saturated carbocycles. The Bertz CT molecular complexity index is 675. The van der Waals surface area contributed by atoms with E-state index in [0.717, 1.165) is 11.3 Å². The molecule has 19 heavy (non-hydrogen) atoms. The Hall–Kier alpha value is -2.63. The number of hydrogen-bond donors (Lipinski definition) is 2. The minimum Gasteiger partial charge on any atom is -0.475 e. The zero-order chi connectivity index (χ0) is 13.4. The fraction of sp³-hybridized carbons (Fsp3) is 0.154. The van der Waals surface area contributed by atoms with Gasteiger partial charge in [-0.15, -0.1) is 0 Å². The predicted octanol–water partition coefficient (Wildman–Crippen LogP) is 1.92. The highest BCUT2D eigenvalue weighted by Gasteiger charge is 2.17. The van der Waals surface area contributed by atoms with E-state index in [1.807, 2.05) is 12.1 Å². The Morgan fingerprint density at radius 1 is 1.32 bits per heavy atom. The number of nitrogens with one attached hydrogen (secondary N) is 1. The van der Waals surface area contributed by atoms with Crippen molar-refractivity contribution in [3.8, 4) is 11.3 Å². The summed E-state index contributed by atoms with van der Waals surface area (Å²) in [5.41, 5.74) is 2.94. The topological polar surface area (TPSA) is 92.4 Å². The molecule has 6 heteroatoms. The van der Waals surface area contributed by atoms with Crippen LogP contribution < -0.4 is 5.32 Å². The van der Waals surface area contributed by atoms with Crippen molar-refractivity contribution in [1.29, 1.82) is 0 Å². The van der Waals surface area contributed by atoms with Gasteiger partial charge in [0.1, 0.15) is 5.69 Å². The first-order valence-corrected chi connectivity index (χ1v) is 5.76. The number of amides is 1. The Labute approximate surface area is 108 Å². The Morgan fingerprint density at radius 2 is 2.16 bits per heavy atom. The third-order valence-corrected chi connectivity index (χ3v) is 3.02. The first kappa shape index (κ1) is 11.5. The van der Waals surface area contributed by atoms with Gasteiger partial charge in [0.05, 0.1) is 0 Å². The quantitative estimate of drug-likeness (QED) is 0.858. The molecule has 6 nitrogen and oxygen atoms in total. The molecular formula is C13H10N2O4. The normalized spacial score (nSPS) is 13.8. The summed E-state index contributed by atoms with van der Waals surface area (Å²) in [4.78, 5) is 22.1. The molecule has 1 aliphatic rings. The summed E-state index contributed by atoms with van der Waals surface area (Å²) in [6.07, 6.45) is 1.19. The molecule has 2 heterocycles. The van der Waals surface area contributed by atoms with Crippen LogP contribution in [0.25, 0.3) is 11.3 Å². The van der Waals surface area contributed by atoms with Crippen molar-refractivity contribution >= 4 is 17.6 Å². The molecule has 2 N–H and O–H groups in total. The van der Waals surface area contributed by atoms with Crippen molar-refractivity contribution in [2.75, 3.05) is 5.32 Å². The van der Waals surface area contributed by atoms with Gasteiger partial charge in [0.25, 0.3) is 0 Å². The van der Waals surface area contributed by atoms with Crippen molar-refractivity contribution in [3.63, 3.8) is 0 Å². The van der Waals surface area contributed by atoms with E-state index in [4.69, 9.17) is 9.63 Å². The molecular weight excluding hydrogens is 248 g/mol. The van der Waals surface area contributed by atoms with Crippen LogP contribution in [0.3, 0.4) is 0 Å². The highest BCUT2D eigenvalue weighted by molar-refractivity contribution is 5.94. The fourth-order valence-corrected chi connectivity index (χ4v) is 2.04. The van der Waals surface area contributed by atoms with Crippen LogP contribution in [0.1, 0.15) is 22.5 Å². The number of carboxylic acid groups (broad SMARTS) is 1. The maximum Gasteiger partial charge on any atom is 0.374 e. The summed E-state index contributed by atoms with van der Waals surface area (Å²) in [6, 6.07) is 6.86. The number of anilines is 1. The molecule has 0 spiro atoms. The lowest BCUT2D eigenvalue weighted by Crippen LogP contribution is -2.18. The standard InChI is InChI=1S/C13H10N2O4/c16-12-4-3-7-1-2-8(5-9(7)14-12)10-6-11(13(17)18)19-15-10/h1-2,5-6H,3-4H2,(H,14,16)(H,17,18). The van der Waals surface area contributed by atoms with Crippen LogP contribution in [0.4, 0.5) is 5.69 Å². The van der Waals surface area contributed by atoms with Crippen molar-refractivity contribution in [2.45, 2.75) is 12.8 Å². The summed E-state index contributed by atoms with van der Waals surface area (Å²) in [7, 11) is 0. The van der Waals surface area contributed by atoms with Crippen LogP contribution in [0.15, 0.2) is 28.8 Å². The molecule has 1 amide bonds. The molecule has 0 aliphatic carbocycles. The fourth-order valence-electron chi connectivity index (χ4n) is 2.04. The highest BCUT2D eigenvalue weighted by atomic mass is 16.5. The molecule has 1 aliphatic heterocycles. The summed E-state index contributed by atoms with van der Waals surface area (Å²) in [5.74, 6) is -1.39. The number of carbonyl (C=O) groups excluding carboxylic acids is 1. The third kappa shape index (κ3) is 2.08. The maximum absolute atomic E-state index is 11.3. The van der Waals surface area contributed by atoms with Gasteiger partial charge in [0, 0.05) is 23.7 Å². The number of aromatic carboxylic acids is 1. The first-order valence-electron chi connectivity index (χ1n) is 5.76. The van der Waals surface area contributed by atoms with Gasteiger partial charge < -0.3 is 14.9 Å². The van der Waals surface area contributed by atoms with E-state index in [-0.39, 0.29) is 11.7 Å². The predicted molar refractivity (Wildman–Crippen MR) is 65.8 cm³/mol. The Morgan fingerprint density at radius 3 is 2.89 bits per heavy atom. The molecule has 1 aromatic carbocycles. The second-order valence-corrected chi connectivity index (χ2v) is 4.30. The lowest BCUT2D eigenvalue weighted by Gasteiger charge is -2.16. The molecule has 0 saturated heterocycles. The van der Waals surface area contributed by atoms with Crippen LogP contribution in [0, 0.1) is 0 Å². The number of fused-ring (bicyclic) bond motifs is 1. The van der Waals surface area contributed by atoms with E-state index in [1.165, 1.54) is 6.07 Å². The van der Waals surface area contributed by atoms with Gasteiger partial charge in [-0.1, -0.05) is 17.3 Å². The Kier molecular flexibility index (Phi) is 2.56. The van der Waals surface area contributed by atoms with Crippen molar-refractivity contribution in [3.05, 3.63) is 35.6 Å². The molecule has 3 rings (SSSR count). The minimum atomic E-state index is -1.16. The van der Waals surface area contributed by atoms with E-state index < -0.39 is 5.97 Å². The average Bonchev–Trinajstić information content (AvgIpc) is 2.87. The van der Waals surface area contributed by atoms with E-state index in [1.54, 1.807) is 6.07 Å². The SMILES string of the molecule is O=C1CCc2ccc(-c3cc(C(=O)O)on3)cc2N1. The summed E-state index contributed by atoms with van der Waals surface area (Å²) < 4.78 is 4.71. The van der Waals surface area contributed by atoms with Crippen LogP contribution in [-0.4, -0.2) is 22.1 Å². The van der Waals surface area contributed by atoms with Gasteiger partial charge in [-0.2, -0.15) is 0 Å². The van der Waals surface area contributed by atoms with Gasteiger partial charge in [-0.25, -0.2) is 4.79 Å². The van der Waals surface area contributed by atoms with E-state index in [2.05, 4.69) is 10.5 Å². The monoisotopic (exact) mass is 258 g/mol. The van der Waals surface area contributed by atoms with Crippen molar-refractivity contribution < 1.29 is 19.2 Å². The second kappa shape index (κ2) is 4.24. The molecule has 0 unspecified atom stereocenters. The Balaban J connectivity index is 1.99. The number of carboxylic acids is 1. The molecule has 0 bridgehead atoms. The third-order valence-electron chi connectivity index (χ3n) is 3.02. The molecule has 0 radical (unpaired) electrons. The molecule has 0 atom stereocenters.